The number of carbonyl (C=O) groups excluding carboxylic acids is 1. The third-order valence-corrected chi connectivity index (χ3v) is 8.89. The van der Waals surface area contributed by atoms with Gasteiger partial charge in [-0.25, -0.2) is 17.8 Å². The molecule has 2 aromatic carbocycles. The van der Waals surface area contributed by atoms with Gasteiger partial charge in [-0.3, -0.25) is 14.7 Å². The van der Waals surface area contributed by atoms with Crippen LogP contribution in [-0.2, 0) is 21.3 Å². The molecule has 0 radical (unpaired) electrons. The molecular formula is C26H25FN4O4S2. The van der Waals surface area contributed by atoms with Crippen molar-refractivity contribution < 1.29 is 22.3 Å². The van der Waals surface area contributed by atoms with E-state index in [1.165, 1.54) is 56.9 Å². The van der Waals surface area contributed by atoms with Gasteiger partial charge in [0.2, 0.25) is 10.0 Å². The first-order valence-electron chi connectivity index (χ1n) is 11.7. The predicted octanol–water partition coefficient (Wildman–Crippen LogP) is 4.48. The minimum absolute atomic E-state index is 0.111. The number of sulfonamides is 1. The van der Waals surface area contributed by atoms with Crippen molar-refractivity contribution in [1.29, 1.82) is 0 Å². The van der Waals surface area contributed by atoms with E-state index in [1.807, 2.05) is 19.9 Å². The molecular weight excluding hydrogens is 515 g/mol. The summed E-state index contributed by atoms with van der Waals surface area (Å²) in [5.41, 5.74) is 1.67. The van der Waals surface area contributed by atoms with Gasteiger partial charge >= 0.3 is 0 Å². The van der Waals surface area contributed by atoms with Crippen molar-refractivity contribution in [2.75, 3.05) is 18.0 Å². The van der Waals surface area contributed by atoms with Crippen LogP contribution in [0.5, 0.6) is 0 Å². The number of benzene rings is 2. The van der Waals surface area contributed by atoms with Gasteiger partial charge in [-0.15, -0.1) is 0 Å². The normalized spacial score (nSPS) is 18.7. The van der Waals surface area contributed by atoms with Crippen LogP contribution in [0.15, 0.2) is 71.9 Å². The molecule has 0 aliphatic carbocycles. The lowest BCUT2D eigenvalue weighted by Crippen LogP contribution is -2.48. The Kier molecular flexibility index (Phi) is 7.04. The summed E-state index contributed by atoms with van der Waals surface area (Å²) in [7, 11) is -3.74. The second kappa shape index (κ2) is 10.3. The SMILES string of the molecule is CC1CN(S(=O)(=O)c2ccc(C(=O)N(Cc3cccnc3)c3nc4ccc(F)cc4s3)cc2)CC(C)O1. The number of halogens is 1. The maximum Gasteiger partial charge on any atom is 0.260 e. The van der Waals surface area contributed by atoms with E-state index in [4.69, 9.17) is 4.74 Å². The van der Waals surface area contributed by atoms with Crippen LogP contribution in [0.2, 0.25) is 0 Å². The van der Waals surface area contributed by atoms with Crippen molar-refractivity contribution >= 4 is 42.6 Å². The summed E-state index contributed by atoms with van der Waals surface area (Å²) >= 11 is 1.21. The summed E-state index contributed by atoms with van der Waals surface area (Å²) < 4.78 is 47.9. The highest BCUT2D eigenvalue weighted by Crippen LogP contribution is 2.31. The van der Waals surface area contributed by atoms with E-state index >= 15 is 0 Å². The number of carbonyl (C=O) groups is 1. The standard InChI is InChI=1S/C26H25FN4O4S2/c1-17-14-30(15-18(2)35-17)37(33,34)22-8-5-20(6-9-22)25(32)31(16-19-4-3-11-28-13-19)26-29-23-10-7-21(27)12-24(23)36-26/h3-13,17-18H,14-16H2,1-2H3. The molecule has 0 spiro atoms. The Hall–Kier alpha value is -3.25. The molecule has 0 bridgehead atoms. The van der Waals surface area contributed by atoms with Crippen LogP contribution in [0, 0.1) is 5.82 Å². The van der Waals surface area contributed by atoms with E-state index < -0.39 is 10.0 Å². The number of morpholine rings is 1. The second-order valence-corrected chi connectivity index (χ2v) is 11.9. The summed E-state index contributed by atoms with van der Waals surface area (Å²) in [6.45, 7) is 4.41. The Balaban J connectivity index is 1.45. The molecule has 0 N–H and O–H groups in total. The maximum absolute atomic E-state index is 13.8. The fourth-order valence-corrected chi connectivity index (χ4v) is 6.88. The summed E-state index contributed by atoms with van der Waals surface area (Å²) in [5.74, 6) is -0.741. The molecule has 1 aliphatic heterocycles. The van der Waals surface area contributed by atoms with E-state index in [-0.39, 0.29) is 48.5 Å². The van der Waals surface area contributed by atoms with Gasteiger partial charge in [0.05, 0.1) is 33.9 Å². The predicted molar refractivity (Wildman–Crippen MR) is 140 cm³/mol. The number of ether oxygens (including phenoxy) is 1. The van der Waals surface area contributed by atoms with Crippen LogP contribution in [-0.4, -0.2) is 53.9 Å². The van der Waals surface area contributed by atoms with Crippen molar-refractivity contribution in [3.05, 3.63) is 83.9 Å². The average Bonchev–Trinajstić information content (AvgIpc) is 3.30. The first-order chi connectivity index (χ1) is 17.7. The zero-order chi connectivity index (χ0) is 26.2. The summed E-state index contributed by atoms with van der Waals surface area (Å²) in [5, 5.41) is 0.405. The molecule has 1 aliphatic rings. The van der Waals surface area contributed by atoms with Gasteiger partial charge in [0.25, 0.3) is 5.91 Å². The fraction of sp³-hybridized carbons (Fsp3) is 0.269. The van der Waals surface area contributed by atoms with Crippen molar-refractivity contribution in [3.8, 4) is 0 Å². The Morgan fingerprint density at radius 1 is 1.14 bits per heavy atom. The fourth-order valence-electron chi connectivity index (χ4n) is 4.30. The Morgan fingerprint density at radius 2 is 1.86 bits per heavy atom. The molecule has 8 nitrogen and oxygen atoms in total. The molecule has 4 aromatic rings. The number of anilines is 1. The Labute approximate surface area is 218 Å². The third kappa shape index (κ3) is 5.40. The molecule has 1 fully saturated rings. The van der Waals surface area contributed by atoms with Crippen molar-refractivity contribution in [2.24, 2.45) is 0 Å². The summed E-state index contributed by atoms with van der Waals surface area (Å²) in [6, 6.07) is 13.8. The van der Waals surface area contributed by atoms with Gasteiger partial charge < -0.3 is 4.74 Å². The second-order valence-electron chi connectivity index (χ2n) is 8.96. The lowest BCUT2D eigenvalue weighted by Gasteiger charge is -2.34. The van der Waals surface area contributed by atoms with Crippen molar-refractivity contribution in [2.45, 2.75) is 37.5 Å². The third-order valence-electron chi connectivity index (χ3n) is 6.00. The highest BCUT2D eigenvalue weighted by atomic mass is 32.2. The monoisotopic (exact) mass is 540 g/mol. The molecule has 37 heavy (non-hydrogen) atoms. The number of hydrogen-bond donors (Lipinski definition) is 0. The molecule has 192 valence electrons. The summed E-state index contributed by atoms with van der Waals surface area (Å²) in [6.07, 6.45) is 2.89. The number of rotatable bonds is 6. The van der Waals surface area contributed by atoms with E-state index in [9.17, 15) is 17.6 Å². The van der Waals surface area contributed by atoms with Crippen LogP contribution in [0.1, 0.15) is 29.8 Å². The van der Waals surface area contributed by atoms with Crippen LogP contribution >= 0.6 is 11.3 Å². The molecule has 3 heterocycles. The molecule has 11 heteroatoms. The number of thiazole rings is 1. The number of nitrogens with zero attached hydrogens (tertiary/aromatic N) is 4. The molecule has 2 unspecified atom stereocenters. The number of aromatic nitrogens is 2. The quantitative estimate of drug-likeness (QED) is 0.358. The van der Waals surface area contributed by atoms with E-state index in [0.717, 1.165) is 5.56 Å². The Morgan fingerprint density at radius 3 is 2.54 bits per heavy atom. The van der Waals surface area contributed by atoms with Gasteiger partial charge in [-0.1, -0.05) is 17.4 Å². The van der Waals surface area contributed by atoms with E-state index in [2.05, 4.69) is 9.97 Å². The highest BCUT2D eigenvalue weighted by molar-refractivity contribution is 7.89. The zero-order valence-electron chi connectivity index (χ0n) is 20.2. The van der Waals surface area contributed by atoms with E-state index in [1.54, 1.807) is 24.5 Å². The molecule has 2 aromatic heterocycles. The van der Waals surface area contributed by atoms with Crippen LogP contribution < -0.4 is 4.90 Å². The molecule has 5 rings (SSSR count). The lowest BCUT2D eigenvalue weighted by molar-refractivity contribution is -0.0440. The molecule has 2 atom stereocenters. The topological polar surface area (TPSA) is 92.7 Å². The molecule has 1 amide bonds. The van der Waals surface area contributed by atoms with Gasteiger partial charge in [0.15, 0.2) is 5.13 Å². The first kappa shape index (κ1) is 25.4. The van der Waals surface area contributed by atoms with Crippen LogP contribution in [0.4, 0.5) is 9.52 Å². The average molecular weight is 541 g/mol. The number of fused-ring (bicyclic) bond motifs is 1. The maximum atomic E-state index is 13.8. The van der Waals surface area contributed by atoms with Gasteiger partial charge in [-0.05, 0) is 67.9 Å². The van der Waals surface area contributed by atoms with Crippen LogP contribution in [0.25, 0.3) is 10.2 Å². The summed E-state index contributed by atoms with van der Waals surface area (Å²) in [4.78, 5) is 23.9. The van der Waals surface area contributed by atoms with Gasteiger partial charge in [0.1, 0.15) is 5.82 Å². The lowest BCUT2D eigenvalue weighted by atomic mass is 10.2. The molecule has 1 saturated heterocycles. The minimum atomic E-state index is -3.74. The van der Waals surface area contributed by atoms with Crippen LogP contribution in [0.3, 0.4) is 0 Å². The van der Waals surface area contributed by atoms with E-state index in [0.29, 0.717) is 20.9 Å². The smallest absolute Gasteiger partial charge is 0.260 e. The Bertz CT molecular complexity index is 1520. The number of hydrogen-bond acceptors (Lipinski definition) is 7. The first-order valence-corrected chi connectivity index (χ1v) is 14.0. The zero-order valence-corrected chi connectivity index (χ0v) is 21.9. The minimum Gasteiger partial charge on any atom is -0.373 e. The molecule has 0 saturated carbocycles. The van der Waals surface area contributed by atoms with Gasteiger partial charge in [-0.2, -0.15) is 4.31 Å². The van der Waals surface area contributed by atoms with Gasteiger partial charge in [0, 0.05) is 31.0 Å². The van der Waals surface area contributed by atoms with Crippen molar-refractivity contribution in [1.82, 2.24) is 14.3 Å². The largest absolute Gasteiger partial charge is 0.373 e. The number of pyridine rings is 1. The highest BCUT2D eigenvalue weighted by Gasteiger charge is 2.32. The number of amides is 1. The van der Waals surface area contributed by atoms with Crippen molar-refractivity contribution in [3.63, 3.8) is 0 Å².